The highest BCUT2D eigenvalue weighted by molar-refractivity contribution is 7.80. The Morgan fingerprint density at radius 1 is 0.725 bits per heavy atom. The molecule has 0 spiro atoms. The minimum absolute atomic E-state index is 0.0973. The smallest absolute Gasteiger partial charge is 0.293 e. The molecule has 0 aliphatic rings. The number of fused-ring (bicyclic) bond motifs is 1. The molecule has 6 nitrogen and oxygen atoms in total. The molecular weight excluding hydrogens is 565 g/mol. The molecule has 0 bridgehead atoms. The van der Waals surface area contributed by atoms with Crippen LogP contribution in [0.15, 0.2) is 112 Å². The number of benzene rings is 4. The van der Waals surface area contributed by atoms with Crippen LogP contribution in [0.25, 0.3) is 45.0 Å². The summed E-state index contributed by atoms with van der Waals surface area (Å²) < 4.78 is 11.7. The normalized spacial score (nSPS) is 10.9. The maximum absolute atomic E-state index is 12.7. The third-order valence-corrected chi connectivity index (χ3v) is 7.09. The number of nitrogens with one attached hydrogen (secondary N) is 2. The van der Waals surface area contributed by atoms with Crippen molar-refractivity contribution in [1.29, 1.82) is 0 Å². The largest absolute Gasteiger partial charge is 0.451 e. The minimum Gasteiger partial charge on any atom is -0.451 e. The quantitative estimate of drug-likeness (QED) is 0.197. The van der Waals surface area contributed by atoms with Crippen LogP contribution in [0.4, 0.5) is 5.69 Å². The lowest BCUT2D eigenvalue weighted by Gasteiger charge is -2.08. The molecule has 0 fully saturated rings. The van der Waals surface area contributed by atoms with E-state index in [4.69, 9.17) is 44.3 Å². The van der Waals surface area contributed by atoms with Gasteiger partial charge in [0.1, 0.15) is 11.3 Å². The molecule has 2 aromatic heterocycles. The van der Waals surface area contributed by atoms with Gasteiger partial charge in [0.2, 0.25) is 5.89 Å². The van der Waals surface area contributed by atoms with Crippen LogP contribution in [-0.4, -0.2) is 16.0 Å². The highest BCUT2D eigenvalue weighted by atomic mass is 35.5. The number of furan rings is 1. The Morgan fingerprint density at radius 2 is 1.45 bits per heavy atom. The first-order valence-electron chi connectivity index (χ1n) is 12.2. The van der Waals surface area contributed by atoms with Gasteiger partial charge >= 0.3 is 0 Å². The second-order valence-corrected chi connectivity index (χ2v) is 10.1. The van der Waals surface area contributed by atoms with Gasteiger partial charge in [-0.05, 0) is 84.0 Å². The minimum atomic E-state index is -0.493. The van der Waals surface area contributed by atoms with Crippen LogP contribution < -0.4 is 10.6 Å². The molecule has 196 valence electrons. The van der Waals surface area contributed by atoms with Crippen LogP contribution >= 0.6 is 35.4 Å². The Balaban J connectivity index is 1.12. The van der Waals surface area contributed by atoms with E-state index in [2.05, 4.69) is 27.8 Å². The number of aromatic nitrogens is 1. The topological polar surface area (TPSA) is 80.3 Å². The van der Waals surface area contributed by atoms with Gasteiger partial charge in [-0.15, -0.1) is 0 Å². The summed E-state index contributed by atoms with van der Waals surface area (Å²) in [6.07, 6.45) is 0. The molecule has 0 saturated heterocycles. The second-order valence-electron chi connectivity index (χ2n) is 8.85. The molecule has 4 aromatic carbocycles. The van der Waals surface area contributed by atoms with Gasteiger partial charge in [-0.2, -0.15) is 0 Å². The number of thiocarbonyl (C=S) groups is 1. The highest BCUT2D eigenvalue weighted by Gasteiger charge is 2.15. The molecule has 0 aliphatic carbocycles. The van der Waals surface area contributed by atoms with Crippen molar-refractivity contribution in [3.05, 3.63) is 119 Å². The summed E-state index contributed by atoms with van der Waals surface area (Å²) in [5, 5.41) is 6.57. The Morgan fingerprint density at radius 3 is 2.23 bits per heavy atom. The molecule has 0 saturated carbocycles. The first-order valence-corrected chi connectivity index (χ1v) is 13.3. The van der Waals surface area contributed by atoms with Crippen molar-refractivity contribution in [2.45, 2.75) is 0 Å². The lowest BCUT2D eigenvalue weighted by atomic mass is 10.0. The van der Waals surface area contributed by atoms with Crippen LogP contribution in [0.2, 0.25) is 10.0 Å². The van der Waals surface area contributed by atoms with Gasteiger partial charge in [0, 0.05) is 16.8 Å². The van der Waals surface area contributed by atoms with E-state index < -0.39 is 5.91 Å². The predicted molar refractivity (Wildman–Crippen MR) is 163 cm³/mol. The number of anilines is 1. The predicted octanol–water partition coefficient (Wildman–Crippen LogP) is 8.86. The average Bonchev–Trinajstić information content (AvgIpc) is 3.63. The second kappa shape index (κ2) is 11.0. The summed E-state index contributed by atoms with van der Waals surface area (Å²) in [6, 6.07) is 31.9. The fraction of sp³-hybridized carbons (Fsp3) is 0. The van der Waals surface area contributed by atoms with E-state index >= 15 is 0 Å². The molecule has 0 radical (unpaired) electrons. The highest BCUT2D eigenvalue weighted by Crippen LogP contribution is 2.30. The Bertz CT molecular complexity index is 1860. The maximum Gasteiger partial charge on any atom is 0.293 e. The summed E-state index contributed by atoms with van der Waals surface area (Å²) in [6.45, 7) is 0. The summed E-state index contributed by atoms with van der Waals surface area (Å²) in [4.78, 5) is 17.3. The van der Waals surface area contributed by atoms with Gasteiger partial charge in [0.05, 0.1) is 10.0 Å². The van der Waals surface area contributed by atoms with E-state index in [1.165, 1.54) is 0 Å². The molecular formula is C31H19Cl2N3O3S. The monoisotopic (exact) mass is 583 g/mol. The van der Waals surface area contributed by atoms with Crippen molar-refractivity contribution in [2.24, 2.45) is 0 Å². The van der Waals surface area contributed by atoms with Crippen LogP contribution in [0.1, 0.15) is 10.6 Å². The standard InChI is InChI=1S/C31H19Cl2N3O3S/c32-23-12-10-21(16-24(23)33)26-14-15-28(38-26)29(37)36-31(40)34-22-11-13-27-25(17-22)35-30(39-27)20-8-6-19(7-9-20)18-4-2-1-3-5-18/h1-17H,(H2,34,36,37,40). The summed E-state index contributed by atoms with van der Waals surface area (Å²) in [5.74, 6) is 0.593. The number of carbonyl (C=O) groups excluding carboxylic acids is 1. The molecule has 6 rings (SSSR count). The number of nitrogens with zero attached hydrogens (tertiary/aromatic N) is 1. The van der Waals surface area contributed by atoms with Crippen molar-refractivity contribution in [3.63, 3.8) is 0 Å². The van der Waals surface area contributed by atoms with Crippen molar-refractivity contribution >= 4 is 63.2 Å². The molecule has 6 aromatic rings. The Hall–Kier alpha value is -4.43. The van der Waals surface area contributed by atoms with Gasteiger partial charge in [0.25, 0.3) is 5.91 Å². The number of rotatable bonds is 5. The molecule has 2 heterocycles. The zero-order chi connectivity index (χ0) is 27.6. The Labute approximate surface area is 244 Å². The number of halogens is 2. The number of oxazole rings is 1. The summed E-state index contributed by atoms with van der Waals surface area (Å²) >= 11 is 17.4. The zero-order valence-corrected chi connectivity index (χ0v) is 23.0. The van der Waals surface area contributed by atoms with E-state index in [0.717, 1.165) is 16.7 Å². The number of carbonyl (C=O) groups is 1. The van der Waals surface area contributed by atoms with Crippen LogP contribution in [0, 0.1) is 0 Å². The average molecular weight is 584 g/mol. The molecule has 0 unspecified atom stereocenters. The molecule has 1 amide bonds. The third kappa shape index (κ3) is 5.49. The SMILES string of the molecule is O=C(NC(=S)Nc1ccc2oc(-c3ccc(-c4ccccc4)cc3)nc2c1)c1ccc(-c2ccc(Cl)c(Cl)c2)o1. The summed E-state index contributed by atoms with van der Waals surface area (Å²) in [5.41, 5.74) is 5.75. The van der Waals surface area contributed by atoms with E-state index in [9.17, 15) is 4.79 Å². The van der Waals surface area contributed by atoms with Crippen LogP contribution in [0.3, 0.4) is 0 Å². The first kappa shape index (κ1) is 25.8. The van der Waals surface area contributed by atoms with Gasteiger partial charge < -0.3 is 14.2 Å². The van der Waals surface area contributed by atoms with E-state index in [1.807, 2.05) is 42.5 Å². The van der Waals surface area contributed by atoms with Crippen molar-refractivity contribution in [2.75, 3.05) is 5.32 Å². The fourth-order valence-corrected chi connectivity index (χ4v) is 4.66. The van der Waals surface area contributed by atoms with Crippen molar-refractivity contribution in [1.82, 2.24) is 10.3 Å². The lowest BCUT2D eigenvalue weighted by Crippen LogP contribution is -2.33. The molecule has 40 heavy (non-hydrogen) atoms. The van der Waals surface area contributed by atoms with Gasteiger partial charge in [0.15, 0.2) is 16.5 Å². The van der Waals surface area contributed by atoms with Crippen molar-refractivity contribution in [3.8, 4) is 33.9 Å². The molecule has 0 aliphatic heterocycles. The summed E-state index contributed by atoms with van der Waals surface area (Å²) in [7, 11) is 0. The van der Waals surface area contributed by atoms with E-state index in [-0.39, 0.29) is 10.9 Å². The lowest BCUT2D eigenvalue weighted by molar-refractivity contribution is 0.0951. The van der Waals surface area contributed by atoms with Crippen LogP contribution in [0.5, 0.6) is 0 Å². The van der Waals surface area contributed by atoms with Crippen molar-refractivity contribution < 1.29 is 13.6 Å². The third-order valence-electron chi connectivity index (χ3n) is 6.15. The zero-order valence-electron chi connectivity index (χ0n) is 20.7. The molecule has 2 N–H and O–H groups in total. The van der Waals surface area contributed by atoms with Gasteiger partial charge in [-0.3, -0.25) is 10.1 Å². The van der Waals surface area contributed by atoms with Gasteiger partial charge in [-0.1, -0.05) is 65.7 Å². The van der Waals surface area contributed by atoms with Gasteiger partial charge in [-0.25, -0.2) is 4.98 Å². The molecule has 0 atom stereocenters. The number of hydrogen-bond donors (Lipinski definition) is 2. The molecule has 9 heteroatoms. The fourth-order valence-electron chi connectivity index (χ4n) is 4.16. The number of hydrogen-bond acceptors (Lipinski definition) is 5. The number of amides is 1. The van der Waals surface area contributed by atoms with Crippen LogP contribution in [-0.2, 0) is 0 Å². The first-order chi connectivity index (χ1) is 19.4. The van der Waals surface area contributed by atoms with E-state index in [0.29, 0.717) is 44.0 Å². The Kier molecular flexibility index (Phi) is 7.09. The maximum atomic E-state index is 12.7. The van der Waals surface area contributed by atoms with E-state index in [1.54, 1.807) is 48.5 Å².